The zero-order valence-corrected chi connectivity index (χ0v) is 15.4. The molecule has 1 saturated heterocycles. The molecule has 0 saturated carbocycles. The predicted molar refractivity (Wildman–Crippen MR) is 97.9 cm³/mol. The molecule has 1 aliphatic rings. The van der Waals surface area contributed by atoms with Gasteiger partial charge >= 0.3 is 0 Å². The van der Waals surface area contributed by atoms with Gasteiger partial charge in [-0.1, -0.05) is 12.1 Å². The second kappa shape index (κ2) is 8.15. The third kappa shape index (κ3) is 4.22. The van der Waals surface area contributed by atoms with Crippen LogP contribution in [0, 0.1) is 0 Å². The Morgan fingerprint density at radius 1 is 1.23 bits per heavy atom. The van der Waals surface area contributed by atoms with Crippen LogP contribution in [0.5, 0.6) is 0 Å². The highest BCUT2D eigenvalue weighted by Gasteiger charge is 2.24. The van der Waals surface area contributed by atoms with Crippen LogP contribution in [0.15, 0.2) is 24.3 Å². The summed E-state index contributed by atoms with van der Waals surface area (Å²) in [4.78, 5) is 16.4. The zero-order valence-electron chi connectivity index (χ0n) is 14.6. The zero-order chi connectivity index (χ0) is 18.6. The summed E-state index contributed by atoms with van der Waals surface area (Å²) >= 11 is 0. The fourth-order valence-corrected chi connectivity index (χ4v) is 4.64. The van der Waals surface area contributed by atoms with E-state index in [-0.39, 0.29) is 31.2 Å². The summed E-state index contributed by atoms with van der Waals surface area (Å²) in [6.07, 6.45) is 1.99. The van der Waals surface area contributed by atoms with Gasteiger partial charge in [0.05, 0.1) is 16.8 Å². The number of carbonyl (C=O) groups excluding carboxylic acids is 1. The average Bonchev–Trinajstić information content (AvgIpc) is 3.28. The van der Waals surface area contributed by atoms with Crippen LogP contribution >= 0.6 is 0 Å². The third-order valence-corrected chi connectivity index (χ3v) is 6.45. The molecule has 1 aliphatic heterocycles. The van der Waals surface area contributed by atoms with Crippen molar-refractivity contribution >= 4 is 27.0 Å². The first-order valence-electron chi connectivity index (χ1n) is 8.81. The van der Waals surface area contributed by atoms with E-state index in [2.05, 4.69) is 10.3 Å². The highest BCUT2D eigenvalue weighted by Crippen LogP contribution is 2.16. The minimum Gasteiger partial charge on any atom is -0.388 e. The Morgan fingerprint density at radius 2 is 1.96 bits per heavy atom. The van der Waals surface area contributed by atoms with Crippen molar-refractivity contribution in [3.63, 3.8) is 0 Å². The lowest BCUT2D eigenvalue weighted by atomic mass is 10.3. The Hall–Kier alpha value is -1.97. The van der Waals surface area contributed by atoms with E-state index in [1.165, 1.54) is 4.31 Å². The second-order valence-electron chi connectivity index (χ2n) is 6.35. The highest BCUT2D eigenvalue weighted by molar-refractivity contribution is 7.89. The first kappa shape index (κ1) is 18.8. The Kier molecular flexibility index (Phi) is 5.90. The summed E-state index contributed by atoms with van der Waals surface area (Å²) in [5.41, 5.74) is 1.63. The van der Waals surface area contributed by atoms with Gasteiger partial charge in [0, 0.05) is 32.6 Å². The number of imidazole rings is 1. The normalized spacial score (nSPS) is 15.6. The maximum atomic E-state index is 12.1. The van der Waals surface area contributed by atoms with Crippen LogP contribution in [0.1, 0.15) is 25.1 Å². The Balaban J connectivity index is 1.52. The second-order valence-corrected chi connectivity index (χ2v) is 8.44. The summed E-state index contributed by atoms with van der Waals surface area (Å²) in [5, 5.41) is 12.1. The van der Waals surface area contributed by atoms with Crippen LogP contribution < -0.4 is 5.32 Å². The fourth-order valence-electron chi connectivity index (χ4n) is 3.21. The molecule has 1 aromatic carbocycles. The first-order valence-corrected chi connectivity index (χ1v) is 10.4. The van der Waals surface area contributed by atoms with Crippen molar-refractivity contribution in [1.82, 2.24) is 19.2 Å². The summed E-state index contributed by atoms with van der Waals surface area (Å²) in [5.74, 6) is 0.216. The summed E-state index contributed by atoms with van der Waals surface area (Å²) in [7, 11) is -3.28. The molecule has 2 aromatic rings. The van der Waals surface area contributed by atoms with Gasteiger partial charge in [0.1, 0.15) is 12.4 Å². The van der Waals surface area contributed by atoms with Crippen molar-refractivity contribution in [3.8, 4) is 0 Å². The van der Waals surface area contributed by atoms with Gasteiger partial charge in [-0.15, -0.1) is 0 Å². The lowest BCUT2D eigenvalue weighted by Gasteiger charge is -2.15. The fraction of sp³-hybridized carbons (Fsp3) is 0.529. The molecule has 3 rings (SSSR count). The molecular weight excluding hydrogens is 356 g/mol. The molecule has 2 N–H and O–H groups in total. The molecule has 1 aromatic heterocycles. The van der Waals surface area contributed by atoms with Crippen LogP contribution in [0.4, 0.5) is 0 Å². The number of aliphatic hydroxyl groups excluding tert-OH is 1. The summed E-state index contributed by atoms with van der Waals surface area (Å²) in [6.45, 7) is 1.43. The number of nitrogens with zero attached hydrogens (tertiary/aromatic N) is 3. The number of aromatic nitrogens is 2. The molecule has 1 amide bonds. The number of para-hydroxylation sites is 2. The molecule has 1 fully saturated rings. The van der Waals surface area contributed by atoms with Crippen LogP contribution in [0.25, 0.3) is 11.0 Å². The number of hydrogen-bond acceptors (Lipinski definition) is 5. The first-order chi connectivity index (χ1) is 12.5. The molecule has 0 radical (unpaired) electrons. The van der Waals surface area contributed by atoms with E-state index in [1.807, 2.05) is 28.8 Å². The van der Waals surface area contributed by atoms with E-state index < -0.39 is 10.0 Å². The number of carbonyl (C=O) groups is 1. The summed E-state index contributed by atoms with van der Waals surface area (Å²) in [6, 6.07) is 7.50. The SMILES string of the molecule is O=C(CCn1c(CO)nc2ccccc21)NCCS(=O)(=O)N1CCCC1. The van der Waals surface area contributed by atoms with Gasteiger partial charge in [-0.25, -0.2) is 17.7 Å². The predicted octanol–water partition coefficient (Wildman–Crippen LogP) is 0.460. The molecule has 0 aliphatic carbocycles. The highest BCUT2D eigenvalue weighted by atomic mass is 32.2. The third-order valence-electron chi connectivity index (χ3n) is 4.58. The standard InChI is InChI=1S/C17H24N4O4S/c22-13-16-19-14-5-1-2-6-15(14)21(16)11-7-17(23)18-8-12-26(24,25)20-9-3-4-10-20/h1-2,5-6,22H,3-4,7-13H2,(H,18,23). The van der Waals surface area contributed by atoms with E-state index in [0.29, 0.717) is 25.5 Å². The monoisotopic (exact) mass is 380 g/mol. The molecular formula is C17H24N4O4S. The maximum Gasteiger partial charge on any atom is 0.221 e. The van der Waals surface area contributed by atoms with Gasteiger partial charge in [0.2, 0.25) is 15.9 Å². The molecule has 0 spiro atoms. The number of aliphatic hydroxyl groups is 1. The minimum atomic E-state index is -3.28. The molecule has 9 heteroatoms. The van der Waals surface area contributed by atoms with Crippen molar-refractivity contribution in [3.05, 3.63) is 30.1 Å². The average molecular weight is 380 g/mol. The molecule has 2 heterocycles. The number of amides is 1. The molecule has 0 unspecified atom stereocenters. The van der Waals surface area contributed by atoms with Crippen LogP contribution in [0.2, 0.25) is 0 Å². The van der Waals surface area contributed by atoms with E-state index in [1.54, 1.807) is 0 Å². The van der Waals surface area contributed by atoms with Gasteiger partial charge in [0.25, 0.3) is 0 Å². The van der Waals surface area contributed by atoms with Gasteiger partial charge < -0.3 is 15.0 Å². The maximum absolute atomic E-state index is 12.1. The Labute approximate surface area is 152 Å². The van der Waals surface area contributed by atoms with E-state index in [4.69, 9.17) is 0 Å². The van der Waals surface area contributed by atoms with E-state index in [0.717, 1.165) is 23.9 Å². The Bertz CT molecular complexity index is 872. The number of nitrogens with one attached hydrogen (secondary N) is 1. The largest absolute Gasteiger partial charge is 0.388 e. The topological polar surface area (TPSA) is 105 Å². The number of fused-ring (bicyclic) bond motifs is 1. The van der Waals surface area contributed by atoms with Gasteiger partial charge in [-0.2, -0.15) is 0 Å². The quantitative estimate of drug-likeness (QED) is 0.692. The van der Waals surface area contributed by atoms with E-state index in [9.17, 15) is 18.3 Å². The molecule has 0 bridgehead atoms. The van der Waals surface area contributed by atoms with Crippen molar-refractivity contribution < 1.29 is 18.3 Å². The Morgan fingerprint density at radius 3 is 2.69 bits per heavy atom. The van der Waals surface area contributed by atoms with Crippen molar-refractivity contribution in [1.29, 1.82) is 0 Å². The lowest BCUT2D eigenvalue weighted by Crippen LogP contribution is -2.36. The molecule has 142 valence electrons. The van der Waals surface area contributed by atoms with Gasteiger partial charge in [-0.3, -0.25) is 4.79 Å². The lowest BCUT2D eigenvalue weighted by molar-refractivity contribution is -0.121. The molecule has 8 nitrogen and oxygen atoms in total. The summed E-state index contributed by atoms with van der Waals surface area (Å²) < 4.78 is 27.6. The smallest absolute Gasteiger partial charge is 0.221 e. The van der Waals surface area contributed by atoms with Crippen molar-refractivity contribution in [2.45, 2.75) is 32.4 Å². The van der Waals surface area contributed by atoms with Crippen LogP contribution in [0.3, 0.4) is 0 Å². The molecule has 0 atom stereocenters. The van der Waals surface area contributed by atoms with Crippen LogP contribution in [-0.2, 0) is 28.0 Å². The van der Waals surface area contributed by atoms with Gasteiger partial charge in [-0.05, 0) is 25.0 Å². The van der Waals surface area contributed by atoms with Crippen LogP contribution in [-0.4, -0.2) is 58.7 Å². The number of sulfonamides is 1. The van der Waals surface area contributed by atoms with E-state index >= 15 is 0 Å². The van der Waals surface area contributed by atoms with Crippen molar-refractivity contribution in [2.24, 2.45) is 0 Å². The number of benzene rings is 1. The van der Waals surface area contributed by atoms with Crippen molar-refractivity contribution in [2.75, 3.05) is 25.4 Å². The van der Waals surface area contributed by atoms with Gasteiger partial charge in [0.15, 0.2) is 0 Å². The number of rotatable bonds is 8. The molecule has 26 heavy (non-hydrogen) atoms. The number of aryl methyl sites for hydroxylation is 1. The number of hydrogen-bond donors (Lipinski definition) is 2. The minimum absolute atomic E-state index is 0.0748.